The molecule has 0 aliphatic carbocycles. The molecule has 1 N–H and O–H groups in total. The van der Waals surface area contributed by atoms with Gasteiger partial charge in [0.25, 0.3) is 0 Å². The minimum Gasteiger partial charge on any atom is -0.352 e. The number of benzene rings is 1. The van der Waals surface area contributed by atoms with Crippen LogP contribution in [0.2, 0.25) is 5.02 Å². The van der Waals surface area contributed by atoms with Crippen molar-refractivity contribution in [2.45, 2.75) is 26.4 Å². The van der Waals surface area contributed by atoms with Crippen LogP contribution >= 0.6 is 23.1 Å². The van der Waals surface area contributed by atoms with Crippen LogP contribution in [0.15, 0.2) is 24.3 Å². The molecule has 0 aliphatic heterocycles. The molecule has 118 valence electrons. The fraction of sp³-hybridized carbons (Fsp3) is 0.400. The molecule has 0 fully saturated rings. The Balaban J connectivity index is 1.70. The predicted molar refractivity (Wildman–Crippen MR) is 88.9 cm³/mol. The van der Waals surface area contributed by atoms with Crippen LogP contribution in [-0.2, 0) is 17.9 Å². The largest absolute Gasteiger partial charge is 0.352 e. The fourth-order valence-electron chi connectivity index (χ4n) is 1.95. The van der Waals surface area contributed by atoms with Gasteiger partial charge < -0.3 is 10.2 Å². The zero-order valence-electron chi connectivity index (χ0n) is 12.7. The van der Waals surface area contributed by atoms with Crippen molar-refractivity contribution in [1.29, 1.82) is 0 Å². The first-order valence-corrected chi connectivity index (χ1v) is 8.17. The standard InChI is InChI=1S/C15H19ClN4OS/c1-11-14(22-19-18-11)10-20(2)7-6-15(21)17-9-12-4-3-5-13(16)8-12/h3-5,8H,6-7,9-10H2,1-2H3,(H,17,21). The lowest BCUT2D eigenvalue weighted by Gasteiger charge is -2.15. The average molecular weight is 339 g/mol. The van der Waals surface area contributed by atoms with E-state index in [4.69, 9.17) is 11.6 Å². The molecule has 22 heavy (non-hydrogen) atoms. The average Bonchev–Trinajstić information content (AvgIpc) is 2.88. The number of aromatic nitrogens is 2. The van der Waals surface area contributed by atoms with Gasteiger partial charge in [-0.15, -0.1) is 5.10 Å². The third-order valence-electron chi connectivity index (χ3n) is 3.26. The highest BCUT2D eigenvalue weighted by atomic mass is 35.5. The van der Waals surface area contributed by atoms with E-state index in [1.165, 1.54) is 11.5 Å². The summed E-state index contributed by atoms with van der Waals surface area (Å²) in [6.07, 6.45) is 0.461. The Bertz CT molecular complexity index is 632. The van der Waals surface area contributed by atoms with Crippen molar-refractivity contribution in [3.63, 3.8) is 0 Å². The number of halogens is 1. The van der Waals surface area contributed by atoms with Gasteiger partial charge in [-0.1, -0.05) is 28.2 Å². The topological polar surface area (TPSA) is 58.1 Å². The lowest BCUT2D eigenvalue weighted by Crippen LogP contribution is -2.28. The number of rotatable bonds is 7. The van der Waals surface area contributed by atoms with Gasteiger partial charge in [0.1, 0.15) is 0 Å². The van der Waals surface area contributed by atoms with E-state index >= 15 is 0 Å². The molecule has 0 saturated heterocycles. The highest BCUT2D eigenvalue weighted by Gasteiger charge is 2.09. The van der Waals surface area contributed by atoms with Crippen LogP contribution in [0, 0.1) is 6.92 Å². The lowest BCUT2D eigenvalue weighted by atomic mass is 10.2. The van der Waals surface area contributed by atoms with Gasteiger partial charge in [-0.3, -0.25) is 4.79 Å². The van der Waals surface area contributed by atoms with E-state index in [9.17, 15) is 4.79 Å². The van der Waals surface area contributed by atoms with E-state index in [1.54, 1.807) is 0 Å². The first-order valence-electron chi connectivity index (χ1n) is 7.02. The Labute approximate surface area is 139 Å². The molecule has 0 aliphatic rings. The van der Waals surface area contributed by atoms with Crippen molar-refractivity contribution in [2.24, 2.45) is 0 Å². The molecule has 0 unspecified atom stereocenters. The Morgan fingerprint density at radius 2 is 2.27 bits per heavy atom. The van der Waals surface area contributed by atoms with E-state index < -0.39 is 0 Å². The maximum Gasteiger partial charge on any atom is 0.221 e. The molecule has 0 saturated carbocycles. The second kappa shape index (κ2) is 8.22. The van der Waals surface area contributed by atoms with Gasteiger partial charge in [0.15, 0.2) is 0 Å². The van der Waals surface area contributed by atoms with Gasteiger partial charge in [-0.25, -0.2) is 0 Å². The number of carbonyl (C=O) groups is 1. The summed E-state index contributed by atoms with van der Waals surface area (Å²) in [5.74, 6) is 0.0333. The normalized spacial score (nSPS) is 10.9. The van der Waals surface area contributed by atoms with Crippen LogP contribution in [0.1, 0.15) is 22.6 Å². The quantitative estimate of drug-likeness (QED) is 0.843. The Hall–Kier alpha value is -1.50. The zero-order chi connectivity index (χ0) is 15.9. The number of carbonyl (C=O) groups excluding carboxylic acids is 1. The minimum absolute atomic E-state index is 0.0333. The molecule has 1 amide bonds. The lowest BCUT2D eigenvalue weighted by molar-refractivity contribution is -0.121. The third-order valence-corrected chi connectivity index (χ3v) is 4.30. The summed E-state index contributed by atoms with van der Waals surface area (Å²) in [5, 5.41) is 7.57. The van der Waals surface area contributed by atoms with Gasteiger partial charge in [0.05, 0.1) is 10.6 Å². The predicted octanol–water partition coefficient (Wildman–Crippen LogP) is 2.64. The first kappa shape index (κ1) is 16.9. The summed E-state index contributed by atoms with van der Waals surface area (Å²) in [7, 11) is 1.99. The molecule has 0 atom stereocenters. The highest BCUT2D eigenvalue weighted by Crippen LogP contribution is 2.12. The molecular weight excluding hydrogens is 320 g/mol. The van der Waals surface area contributed by atoms with Gasteiger partial charge in [0.2, 0.25) is 5.91 Å². The zero-order valence-corrected chi connectivity index (χ0v) is 14.2. The second-order valence-electron chi connectivity index (χ2n) is 5.18. The molecule has 0 radical (unpaired) electrons. The molecule has 7 heteroatoms. The molecular formula is C15H19ClN4OS. The molecule has 1 aromatic carbocycles. The number of aryl methyl sites for hydroxylation is 1. The van der Waals surface area contributed by atoms with Crippen molar-refractivity contribution < 1.29 is 4.79 Å². The van der Waals surface area contributed by atoms with Crippen LogP contribution < -0.4 is 5.32 Å². The van der Waals surface area contributed by atoms with Gasteiger partial charge >= 0.3 is 0 Å². The van der Waals surface area contributed by atoms with E-state index in [0.717, 1.165) is 22.7 Å². The Kier molecular flexibility index (Phi) is 6.30. The number of hydrogen-bond acceptors (Lipinski definition) is 5. The van der Waals surface area contributed by atoms with Crippen molar-refractivity contribution in [3.05, 3.63) is 45.4 Å². The monoisotopic (exact) mass is 338 g/mol. The summed E-state index contributed by atoms with van der Waals surface area (Å²) < 4.78 is 3.92. The van der Waals surface area contributed by atoms with Crippen molar-refractivity contribution in [2.75, 3.05) is 13.6 Å². The molecule has 5 nitrogen and oxygen atoms in total. The summed E-state index contributed by atoms with van der Waals surface area (Å²) >= 11 is 7.32. The van der Waals surface area contributed by atoms with Crippen molar-refractivity contribution >= 4 is 29.0 Å². The van der Waals surface area contributed by atoms with Crippen LogP contribution in [0.3, 0.4) is 0 Å². The number of nitrogens with zero attached hydrogens (tertiary/aromatic N) is 3. The van der Waals surface area contributed by atoms with Crippen LogP contribution in [-0.4, -0.2) is 34.0 Å². The van der Waals surface area contributed by atoms with E-state index in [-0.39, 0.29) is 5.91 Å². The van der Waals surface area contributed by atoms with Crippen LogP contribution in [0.5, 0.6) is 0 Å². The van der Waals surface area contributed by atoms with E-state index in [0.29, 0.717) is 24.5 Å². The third kappa shape index (κ3) is 5.36. The maximum atomic E-state index is 11.9. The number of hydrogen-bond donors (Lipinski definition) is 1. The Morgan fingerprint density at radius 3 is 2.95 bits per heavy atom. The molecule has 2 rings (SSSR count). The summed E-state index contributed by atoms with van der Waals surface area (Å²) in [6.45, 7) is 3.91. The molecule has 2 aromatic rings. The van der Waals surface area contributed by atoms with Crippen molar-refractivity contribution in [1.82, 2.24) is 19.8 Å². The summed E-state index contributed by atoms with van der Waals surface area (Å²) in [4.78, 5) is 15.1. The minimum atomic E-state index is 0.0333. The number of nitrogens with one attached hydrogen (secondary N) is 1. The van der Waals surface area contributed by atoms with Gasteiger partial charge in [-0.05, 0) is 43.2 Å². The Morgan fingerprint density at radius 1 is 1.45 bits per heavy atom. The van der Waals surface area contributed by atoms with Crippen LogP contribution in [0.4, 0.5) is 0 Å². The SMILES string of the molecule is Cc1nnsc1CN(C)CCC(=O)NCc1cccc(Cl)c1. The molecule has 0 bridgehead atoms. The van der Waals surface area contributed by atoms with Crippen LogP contribution in [0.25, 0.3) is 0 Å². The maximum absolute atomic E-state index is 11.9. The molecule has 0 spiro atoms. The van der Waals surface area contributed by atoms with Crippen molar-refractivity contribution in [3.8, 4) is 0 Å². The first-order chi connectivity index (χ1) is 10.5. The number of amides is 1. The summed E-state index contributed by atoms with van der Waals surface area (Å²) in [6, 6.07) is 7.49. The van der Waals surface area contributed by atoms with Gasteiger partial charge in [-0.2, -0.15) is 0 Å². The van der Waals surface area contributed by atoms with E-state index in [2.05, 4.69) is 19.8 Å². The molecule has 1 aromatic heterocycles. The highest BCUT2D eigenvalue weighted by molar-refractivity contribution is 7.05. The van der Waals surface area contributed by atoms with E-state index in [1.807, 2.05) is 38.2 Å². The second-order valence-corrected chi connectivity index (χ2v) is 6.45. The van der Waals surface area contributed by atoms with Gasteiger partial charge in [0, 0.05) is 31.1 Å². The smallest absolute Gasteiger partial charge is 0.221 e. The summed E-state index contributed by atoms with van der Waals surface area (Å²) in [5.41, 5.74) is 1.96. The molecule has 1 heterocycles. The fourth-order valence-corrected chi connectivity index (χ4v) is 2.87.